The zero-order valence-corrected chi connectivity index (χ0v) is 7.61. The van der Waals surface area contributed by atoms with Crippen LogP contribution in [0.4, 0.5) is 26.3 Å². The molecule has 0 aliphatic carbocycles. The monoisotopic (exact) mass is 263 g/mol. The number of hydrogen-bond acceptors (Lipinski definition) is 2. The van der Waals surface area contributed by atoms with Crippen molar-refractivity contribution in [2.45, 2.75) is 17.9 Å². The third kappa shape index (κ3) is 2.80. The largest absolute Gasteiger partial charge is 0.478 e. The summed E-state index contributed by atoms with van der Waals surface area (Å²) in [5, 5.41) is 8.46. The van der Waals surface area contributed by atoms with Crippen LogP contribution in [0.25, 0.3) is 0 Å². The molecule has 4 nitrogen and oxygen atoms in total. The summed E-state index contributed by atoms with van der Waals surface area (Å²) in [6.45, 7) is 0. The maximum Gasteiger partial charge on any atom is 0.471 e. The number of carbonyl (C=O) groups excluding carboxylic acids is 1. The van der Waals surface area contributed by atoms with Gasteiger partial charge < -0.3 is 10.4 Å². The fourth-order valence-corrected chi connectivity index (χ4v) is 0.666. The van der Waals surface area contributed by atoms with Gasteiger partial charge in [-0.3, -0.25) is 4.79 Å². The third-order valence-corrected chi connectivity index (χ3v) is 1.52. The summed E-state index contributed by atoms with van der Waals surface area (Å²) in [7, 11) is 0. The molecule has 0 rings (SSSR count). The number of amides is 1. The summed E-state index contributed by atoms with van der Waals surface area (Å²) in [6, 6.07) is 0. The average Bonchev–Trinajstić information content (AvgIpc) is 2.09. The third-order valence-electron chi connectivity index (χ3n) is 1.52. The highest BCUT2D eigenvalue weighted by Crippen LogP contribution is 2.31. The van der Waals surface area contributed by atoms with Gasteiger partial charge in [0.15, 0.2) is 0 Å². The summed E-state index contributed by atoms with van der Waals surface area (Å²) >= 11 is 0. The van der Waals surface area contributed by atoms with Gasteiger partial charge in [-0.15, -0.1) is 6.42 Å². The van der Waals surface area contributed by atoms with E-state index in [2.05, 4.69) is 6.42 Å². The van der Waals surface area contributed by atoms with Crippen LogP contribution in [0, 0.1) is 12.3 Å². The van der Waals surface area contributed by atoms with Crippen LogP contribution < -0.4 is 5.32 Å². The Labute approximate surface area is 89.6 Å². The molecule has 0 fully saturated rings. The molecule has 0 spiro atoms. The zero-order chi connectivity index (χ0) is 14.1. The molecule has 0 saturated carbocycles. The lowest BCUT2D eigenvalue weighted by Crippen LogP contribution is -2.65. The number of carbonyl (C=O) groups is 2. The molecule has 0 bridgehead atoms. The quantitative estimate of drug-likeness (QED) is 0.568. The highest BCUT2D eigenvalue weighted by Gasteiger charge is 2.63. The van der Waals surface area contributed by atoms with Gasteiger partial charge in [0.25, 0.3) is 5.54 Å². The maximum atomic E-state index is 12.3. The van der Waals surface area contributed by atoms with E-state index in [1.165, 1.54) is 0 Å². The van der Waals surface area contributed by atoms with Crippen molar-refractivity contribution in [1.82, 2.24) is 5.32 Å². The number of hydrogen-bond donors (Lipinski definition) is 2. The number of aliphatic carboxylic acids is 1. The minimum atomic E-state index is -5.78. The molecular weight excluding hydrogens is 260 g/mol. The number of carboxylic acids is 1. The van der Waals surface area contributed by atoms with E-state index in [9.17, 15) is 35.9 Å². The van der Waals surface area contributed by atoms with Gasteiger partial charge in [0.05, 0.1) is 0 Å². The van der Waals surface area contributed by atoms with Gasteiger partial charge >= 0.3 is 24.2 Å². The highest BCUT2D eigenvalue weighted by atomic mass is 19.4. The number of nitrogens with one attached hydrogen (secondary N) is 1. The Bertz CT molecular complexity index is 379. The number of rotatable bonds is 2. The minimum Gasteiger partial charge on any atom is -0.478 e. The molecule has 0 radical (unpaired) electrons. The highest BCUT2D eigenvalue weighted by molar-refractivity contribution is 5.93. The van der Waals surface area contributed by atoms with E-state index in [4.69, 9.17) is 5.11 Å². The molecule has 2 N–H and O–H groups in total. The van der Waals surface area contributed by atoms with Crippen molar-refractivity contribution >= 4 is 11.9 Å². The van der Waals surface area contributed by atoms with Gasteiger partial charge in [0.1, 0.15) is 0 Å². The molecule has 0 saturated heterocycles. The minimum absolute atomic E-state index is 0.235. The average molecular weight is 263 g/mol. The molecule has 10 heteroatoms. The maximum absolute atomic E-state index is 12.3. The summed E-state index contributed by atoms with van der Waals surface area (Å²) in [5.74, 6) is -5.34. The molecular formula is C7H3F6NO3. The predicted molar refractivity (Wildman–Crippen MR) is 39.5 cm³/mol. The van der Waals surface area contributed by atoms with E-state index in [0.717, 1.165) is 0 Å². The van der Waals surface area contributed by atoms with Crippen molar-refractivity contribution < 1.29 is 41.0 Å². The van der Waals surface area contributed by atoms with Gasteiger partial charge in [-0.1, -0.05) is 5.92 Å². The molecule has 1 unspecified atom stereocenters. The smallest absolute Gasteiger partial charge is 0.471 e. The molecule has 17 heavy (non-hydrogen) atoms. The van der Waals surface area contributed by atoms with Crippen LogP contribution in [-0.4, -0.2) is 34.9 Å². The zero-order valence-electron chi connectivity index (χ0n) is 7.61. The van der Waals surface area contributed by atoms with E-state index >= 15 is 0 Å². The SMILES string of the molecule is C#CC(NC(=O)C(F)(F)F)(C(=O)O)C(F)(F)F. The molecule has 1 amide bonds. The molecule has 1 atom stereocenters. The lowest BCUT2D eigenvalue weighted by Gasteiger charge is -2.27. The second kappa shape index (κ2) is 4.15. The van der Waals surface area contributed by atoms with Crippen LogP contribution in [-0.2, 0) is 9.59 Å². The van der Waals surface area contributed by atoms with Crippen molar-refractivity contribution in [2.75, 3.05) is 0 Å². The van der Waals surface area contributed by atoms with Crippen molar-refractivity contribution in [1.29, 1.82) is 0 Å². The van der Waals surface area contributed by atoms with Gasteiger partial charge in [0, 0.05) is 0 Å². The molecule has 0 aromatic heterocycles. The fraction of sp³-hybridized carbons (Fsp3) is 0.429. The molecule has 0 aromatic carbocycles. The van der Waals surface area contributed by atoms with Gasteiger partial charge in [-0.2, -0.15) is 26.3 Å². The summed E-state index contributed by atoms with van der Waals surface area (Å²) < 4.78 is 72.0. The van der Waals surface area contributed by atoms with E-state index < -0.39 is 29.8 Å². The first-order chi connectivity index (χ1) is 7.38. The van der Waals surface area contributed by atoms with E-state index in [-0.39, 0.29) is 5.32 Å². The lowest BCUT2D eigenvalue weighted by molar-refractivity contribution is -0.206. The van der Waals surface area contributed by atoms with Gasteiger partial charge in [-0.25, -0.2) is 4.79 Å². The van der Waals surface area contributed by atoms with Gasteiger partial charge in [-0.05, 0) is 0 Å². The van der Waals surface area contributed by atoms with Gasteiger partial charge in [0.2, 0.25) is 0 Å². The first-order valence-electron chi connectivity index (χ1n) is 3.55. The number of carboxylic acid groups (broad SMARTS) is 1. The Morgan fingerprint density at radius 1 is 1.12 bits per heavy atom. The van der Waals surface area contributed by atoms with Crippen LogP contribution in [0.3, 0.4) is 0 Å². The number of terminal acetylenes is 1. The standard InChI is InChI=1S/C7H3F6NO3/c1-2-5(4(16)17,7(11,12)13)14-3(15)6(8,9)10/h1H,(H,14,15)(H,16,17). The first kappa shape index (κ1) is 15.1. The van der Waals surface area contributed by atoms with Crippen molar-refractivity contribution in [3.05, 3.63) is 0 Å². The van der Waals surface area contributed by atoms with Crippen molar-refractivity contribution in [3.8, 4) is 12.3 Å². The van der Waals surface area contributed by atoms with Crippen LogP contribution in [0.15, 0.2) is 0 Å². The molecule has 96 valence electrons. The van der Waals surface area contributed by atoms with E-state index in [1.54, 1.807) is 0 Å². The molecule has 0 aliphatic heterocycles. The van der Waals surface area contributed by atoms with Crippen molar-refractivity contribution in [3.63, 3.8) is 0 Å². The Morgan fingerprint density at radius 3 is 1.71 bits per heavy atom. The van der Waals surface area contributed by atoms with Crippen LogP contribution in [0.5, 0.6) is 0 Å². The van der Waals surface area contributed by atoms with E-state index in [0.29, 0.717) is 5.92 Å². The van der Waals surface area contributed by atoms with Crippen molar-refractivity contribution in [2.24, 2.45) is 0 Å². The van der Waals surface area contributed by atoms with Crippen LogP contribution >= 0.6 is 0 Å². The molecule has 0 aromatic rings. The molecule has 0 heterocycles. The Hall–Kier alpha value is -1.92. The first-order valence-corrected chi connectivity index (χ1v) is 3.55. The summed E-state index contributed by atoms with van der Waals surface area (Å²) in [6.07, 6.45) is -7.22. The normalized spacial score (nSPS) is 15.6. The second-order valence-corrected chi connectivity index (χ2v) is 2.65. The lowest BCUT2D eigenvalue weighted by atomic mass is 10.0. The summed E-state index contributed by atoms with van der Waals surface area (Å²) in [4.78, 5) is 20.6. The van der Waals surface area contributed by atoms with Crippen LogP contribution in [0.2, 0.25) is 0 Å². The second-order valence-electron chi connectivity index (χ2n) is 2.65. The fourth-order valence-electron chi connectivity index (χ4n) is 0.666. The summed E-state index contributed by atoms with van der Waals surface area (Å²) in [5.41, 5.74) is -4.42. The predicted octanol–water partition coefficient (Wildman–Crippen LogP) is 0.684. The molecule has 0 aliphatic rings. The Kier molecular flexibility index (Phi) is 3.69. The number of halogens is 6. The van der Waals surface area contributed by atoms with Crippen LogP contribution in [0.1, 0.15) is 0 Å². The van der Waals surface area contributed by atoms with E-state index in [1.807, 2.05) is 0 Å². The number of alkyl halides is 6. The topological polar surface area (TPSA) is 66.4 Å². The Morgan fingerprint density at radius 2 is 1.53 bits per heavy atom. The Balaban J connectivity index is 5.49.